The standard InChI is InChI=1S/C23H22N2O4/c1-16-8-10-17(11-9-16)20-14-24-22(29-20)18-6-2-3-7-19(18)23(27)28-15-21(26)25-12-4-5-13-25/h2-3,6-11,14H,4-5,12-13,15H2,1H3. The number of esters is 1. The van der Waals surface area contributed by atoms with E-state index < -0.39 is 5.97 Å². The van der Waals surface area contributed by atoms with Gasteiger partial charge in [0.25, 0.3) is 5.91 Å². The lowest BCUT2D eigenvalue weighted by Gasteiger charge is -2.15. The van der Waals surface area contributed by atoms with E-state index in [0.29, 0.717) is 22.8 Å². The number of ether oxygens (including phenoxy) is 1. The summed E-state index contributed by atoms with van der Waals surface area (Å²) in [6.07, 6.45) is 3.63. The fraction of sp³-hybridized carbons (Fsp3) is 0.261. The lowest BCUT2D eigenvalue weighted by atomic mass is 10.1. The average Bonchev–Trinajstić information content (AvgIpc) is 3.45. The molecule has 0 unspecified atom stereocenters. The minimum Gasteiger partial charge on any atom is -0.452 e. The van der Waals surface area contributed by atoms with Crippen molar-refractivity contribution in [1.82, 2.24) is 9.88 Å². The molecule has 2 heterocycles. The van der Waals surface area contributed by atoms with Gasteiger partial charge in [0.05, 0.1) is 17.3 Å². The van der Waals surface area contributed by atoms with Crippen molar-refractivity contribution in [1.29, 1.82) is 0 Å². The van der Waals surface area contributed by atoms with Crippen molar-refractivity contribution in [2.45, 2.75) is 19.8 Å². The zero-order valence-electron chi connectivity index (χ0n) is 16.3. The molecule has 0 aliphatic carbocycles. The van der Waals surface area contributed by atoms with Gasteiger partial charge in [-0.25, -0.2) is 9.78 Å². The molecule has 0 spiro atoms. The first-order chi connectivity index (χ1) is 14.1. The number of likely N-dealkylation sites (tertiary alicyclic amines) is 1. The molecule has 0 N–H and O–H groups in total. The zero-order valence-corrected chi connectivity index (χ0v) is 16.3. The molecule has 4 rings (SSSR count). The van der Waals surface area contributed by atoms with Crippen LogP contribution in [0, 0.1) is 6.92 Å². The van der Waals surface area contributed by atoms with E-state index in [1.165, 1.54) is 0 Å². The number of nitrogens with zero attached hydrogens (tertiary/aromatic N) is 2. The number of amides is 1. The fourth-order valence-corrected chi connectivity index (χ4v) is 3.36. The number of aromatic nitrogens is 1. The molecule has 0 radical (unpaired) electrons. The van der Waals surface area contributed by atoms with Crippen molar-refractivity contribution in [3.05, 3.63) is 65.9 Å². The Kier molecular flexibility index (Phi) is 5.42. The first-order valence-corrected chi connectivity index (χ1v) is 9.69. The predicted molar refractivity (Wildman–Crippen MR) is 108 cm³/mol. The highest BCUT2D eigenvalue weighted by Crippen LogP contribution is 2.28. The molecule has 1 aliphatic rings. The van der Waals surface area contributed by atoms with E-state index in [-0.39, 0.29) is 12.5 Å². The van der Waals surface area contributed by atoms with Gasteiger partial charge < -0.3 is 14.1 Å². The second-order valence-electron chi connectivity index (χ2n) is 7.11. The van der Waals surface area contributed by atoms with Gasteiger partial charge in [0, 0.05) is 18.7 Å². The maximum Gasteiger partial charge on any atom is 0.339 e. The number of benzene rings is 2. The smallest absolute Gasteiger partial charge is 0.339 e. The molecule has 29 heavy (non-hydrogen) atoms. The third-order valence-corrected chi connectivity index (χ3v) is 5.00. The second-order valence-corrected chi connectivity index (χ2v) is 7.11. The van der Waals surface area contributed by atoms with Gasteiger partial charge in [-0.1, -0.05) is 42.0 Å². The minimum absolute atomic E-state index is 0.161. The average molecular weight is 390 g/mol. The summed E-state index contributed by atoms with van der Waals surface area (Å²) >= 11 is 0. The van der Waals surface area contributed by atoms with Gasteiger partial charge in [-0.05, 0) is 31.9 Å². The van der Waals surface area contributed by atoms with E-state index >= 15 is 0 Å². The molecule has 6 nitrogen and oxygen atoms in total. The van der Waals surface area contributed by atoms with Crippen LogP contribution in [0.15, 0.2) is 59.1 Å². The fourth-order valence-electron chi connectivity index (χ4n) is 3.36. The van der Waals surface area contributed by atoms with Crippen LogP contribution in [0.4, 0.5) is 0 Å². The molecule has 3 aromatic rings. The van der Waals surface area contributed by atoms with Gasteiger partial charge >= 0.3 is 5.97 Å². The summed E-state index contributed by atoms with van der Waals surface area (Å²) in [5.74, 6) is 0.223. The Balaban J connectivity index is 1.51. The van der Waals surface area contributed by atoms with Gasteiger partial charge in [-0.2, -0.15) is 0 Å². The van der Waals surface area contributed by atoms with Crippen LogP contribution in [-0.2, 0) is 9.53 Å². The Labute approximate surface area is 169 Å². The van der Waals surface area contributed by atoms with Crippen molar-refractivity contribution in [3.8, 4) is 22.8 Å². The molecule has 0 atom stereocenters. The topological polar surface area (TPSA) is 72.6 Å². The monoisotopic (exact) mass is 390 g/mol. The summed E-state index contributed by atoms with van der Waals surface area (Å²) in [6, 6.07) is 14.9. The van der Waals surface area contributed by atoms with E-state index in [1.54, 1.807) is 35.4 Å². The number of oxazole rings is 1. The van der Waals surface area contributed by atoms with Crippen molar-refractivity contribution < 1.29 is 18.7 Å². The van der Waals surface area contributed by atoms with Crippen molar-refractivity contribution >= 4 is 11.9 Å². The van der Waals surface area contributed by atoms with Gasteiger partial charge in [-0.15, -0.1) is 0 Å². The van der Waals surface area contributed by atoms with Crippen LogP contribution in [-0.4, -0.2) is 41.5 Å². The number of rotatable bonds is 5. The number of carbonyl (C=O) groups excluding carboxylic acids is 2. The van der Waals surface area contributed by atoms with Gasteiger partial charge in [-0.3, -0.25) is 4.79 Å². The number of hydrogen-bond donors (Lipinski definition) is 0. The molecule has 1 fully saturated rings. The molecule has 1 aromatic heterocycles. The summed E-state index contributed by atoms with van der Waals surface area (Å²) in [6.45, 7) is 3.22. The third-order valence-electron chi connectivity index (χ3n) is 5.00. The molecule has 1 aliphatic heterocycles. The Morgan fingerprint density at radius 2 is 1.79 bits per heavy atom. The maximum atomic E-state index is 12.6. The van der Waals surface area contributed by atoms with Crippen LogP contribution in [0.2, 0.25) is 0 Å². The molecule has 0 bridgehead atoms. The largest absolute Gasteiger partial charge is 0.452 e. The zero-order chi connectivity index (χ0) is 20.2. The van der Waals surface area contributed by atoms with Crippen molar-refractivity contribution in [2.75, 3.05) is 19.7 Å². The van der Waals surface area contributed by atoms with Crippen LogP contribution >= 0.6 is 0 Å². The number of hydrogen-bond acceptors (Lipinski definition) is 5. The number of carbonyl (C=O) groups is 2. The summed E-state index contributed by atoms with van der Waals surface area (Å²) < 4.78 is 11.2. The Bertz CT molecular complexity index is 1020. The van der Waals surface area contributed by atoms with Gasteiger partial charge in [0.15, 0.2) is 12.4 Å². The highest BCUT2D eigenvalue weighted by Gasteiger charge is 2.22. The van der Waals surface area contributed by atoms with E-state index in [2.05, 4.69) is 4.98 Å². The Hall–Kier alpha value is -3.41. The second kappa shape index (κ2) is 8.31. The van der Waals surface area contributed by atoms with Crippen LogP contribution in [0.3, 0.4) is 0 Å². The van der Waals surface area contributed by atoms with Crippen molar-refractivity contribution in [2.24, 2.45) is 0 Å². The Morgan fingerprint density at radius 3 is 2.55 bits per heavy atom. The van der Waals surface area contributed by atoms with E-state index in [4.69, 9.17) is 9.15 Å². The van der Waals surface area contributed by atoms with E-state index in [0.717, 1.165) is 37.1 Å². The van der Waals surface area contributed by atoms with Crippen LogP contribution in [0.1, 0.15) is 28.8 Å². The summed E-state index contributed by atoms with van der Waals surface area (Å²) in [5, 5.41) is 0. The lowest BCUT2D eigenvalue weighted by molar-refractivity contribution is -0.133. The van der Waals surface area contributed by atoms with Crippen molar-refractivity contribution in [3.63, 3.8) is 0 Å². The summed E-state index contributed by atoms with van der Waals surface area (Å²) in [5.41, 5.74) is 2.92. The molecular formula is C23H22N2O4. The Morgan fingerprint density at radius 1 is 1.07 bits per heavy atom. The van der Waals surface area contributed by atoms with E-state index in [9.17, 15) is 9.59 Å². The molecule has 148 valence electrons. The molecular weight excluding hydrogens is 368 g/mol. The quantitative estimate of drug-likeness (QED) is 0.614. The highest BCUT2D eigenvalue weighted by atomic mass is 16.5. The SMILES string of the molecule is Cc1ccc(-c2cnc(-c3ccccc3C(=O)OCC(=O)N3CCCC3)o2)cc1. The predicted octanol–water partition coefficient (Wildman–Crippen LogP) is 4.10. The third kappa shape index (κ3) is 4.21. The normalized spacial score (nSPS) is 13.5. The summed E-state index contributed by atoms with van der Waals surface area (Å²) in [7, 11) is 0. The molecule has 6 heteroatoms. The minimum atomic E-state index is -0.566. The highest BCUT2D eigenvalue weighted by molar-refractivity contribution is 5.97. The molecule has 1 amide bonds. The van der Waals surface area contributed by atoms with Gasteiger partial charge in [0.2, 0.25) is 5.89 Å². The maximum absolute atomic E-state index is 12.6. The van der Waals surface area contributed by atoms with Crippen LogP contribution in [0.25, 0.3) is 22.8 Å². The first kappa shape index (κ1) is 18.9. The molecule has 2 aromatic carbocycles. The molecule has 0 saturated carbocycles. The summed E-state index contributed by atoms with van der Waals surface area (Å²) in [4.78, 5) is 30.8. The van der Waals surface area contributed by atoms with Crippen LogP contribution in [0.5, 0.6) is 0 Å². The first-order valence-electron chi connectivity index (χ1n) is 9.69. The van der Waals surface area contributed by atoms with E-state index in [1.807, 2.05) is 31.2 Å². The van der Waals surface area contributed by atoms with Gasteiger partial charge in [0.1, 0.15) is 0 Å². The lowest BCUT2D eigenvalue weighted by Crippen LogP contribution is -2.32. The van der Waals surface area contributed by atoms with Crippen LogP contribution < -0.4 is 0 Å². The molecule has 1 saturated heterocycles. The number of aryl methyl sites for hydroxylation is 1.